The summed E-state index contributed by atoms with van der Waals surface area (Å²) in [5.41, 5.74) is 3.84. The van der Waals surface area contributed by atoms with Crippen LogP contribution in [0.3, 0.4) is 0 Å². The van der Waals surface area contributed by atoms with Crippen LogP contribution in [0.15, 0.2) is 18.2 Å². The molecule has 1 heterocycles. The first-order valence-electron chi connectivity index (χ1n) is 9.56. The van der Waals surface area contributed by atoms with Crippen molar-refractivity contribution in [3.05, 3.63) is 23.8 Å². The van der Waals surface area contributed by atoms with Gasteiger partial charge in [0.25, 0.3) is 0 Å². The molecular formula is C20H31BN2O2. The van der Waals surface area contributed by atoms with Crippen molar-refractivity contribution in [2.75, 3.05) is 18.5 Å². The van der Waals surface area contributed by atoms with Gasteiger partial charge in [-0.05, 0) is 64.5 Å². The van der Waals surface area contributed by atoms with Crippen LogP contribution in [0.25, 0.3) is 0 Å². The molecule has 5 heteroatoms. The van der Waals surface area contributed by atoms with Crippen molar-refractivity contribution in [3.63, 3.8) is 0 Å². The molecule has 0 atom stereocenters. The number of anilines is 1. The van der Waals surface area contributed by atoms with Crippen molar-refractivity contribution >= 4 is 25.1 Å². The van der Waals surface area contributed by atoms with Crippen molar-refractivity contribution in [3.8, 4) is 0 Å². The smallest absolute Gasteiger partial charge is 0.410 e. The lowest BCUT2D eigenvalue weighted by Crippen LogP contribution is -2.45. The second-order valence-electron chi connectivity index (χ2n) is 8.63. The minimum absolute atomic E-state index is 0.196. The fourth-order valence-electron chi connectivity index (χ4n) is 4.18. The van der Waals surface area contributed by atoms with E-state index in [0.717, 1.165) is 38.6 Å². The molecule has 4 nitrogen and oxygen atoms in total. The van der Waals surface area contributed by atoms with E-state index in [1.54, 1.807) is 0 Å². The topological polar surface area (TPSA) is 32.8 Å². The van der Waals surface area contributed by atoms with E-state index in [-0.39, 0.29) is 6.09 Å². The summed E-state index contributed by atoms with van der Waals surface area (Å²) < 4.78 is 5.51. The van der Waals surface area contributed by atoms with Gasteiger partial charge in [-0.15, -0.1) is 0 Å². The Morgan fingerprint density at radius 1 is 1.24 bits per heavy atom. The largest absolute Gasteiger partial charge is 0.444 e. The second-order valence-corrected chi connectivity index (χ2v) is 8.63. The number of benzene rings is 1. The zero-order chi connectivity index (χ0) is 18.2. The molecule has 25 heavy (non-hydrogen) atoms. The lowest BCUT2D eigenvalue weighted by molar-refractivity contribution is 0.0183. The molecule has 0 aromatic heterocycles. The van der Waals surface area contributed by atoms with E-state index in [9.17, 15) is 4.79 Å². The first kappa shape index (κ1) is 18.2. The standard InChI is InChI=1S/C20H31BN2O2/c1-20(2,3)25-19(24)22(4)16-6-8-17(9-7-16)23-12-11-14-13-15(21)5-10-18(14)23/h5,10,13,16-17H,6-9,11-12,21H2,1-4H3. The number of hydrogen-bond acceptors (Lipinski definition) is 3. The molecule has 0 bridgehead atoms. The van der Waals surface area contributed by atoms with Crippen LogP contribution in [0.2, 0.25) is 0 Å². The third-order valence-corrected chi connectivity index (χ3v) is 5.50. The maximum Gasteiger partial charge on any atom is 0.410 e. The van der Waals surface area contributed by atoms with Gasteiger partial charge in [0, 0.05) is 31.4 Å². The Bertz CT molecular complexity index is 633. The Morgan fingerprint density at radius 3 is 2.56 bits per heavy atom. The minimum atomic E-state index is -0.431. The first-order chi connectivity index (χ1) is 11.7. The number of ether oxygens (including phenoxy) is 1. The Morgan fingerprint density at radius 2 is 1.92 bits per heavy atom. The number of hydrogen-bond donors (Lipinski definition) is 0. The third-order valence-electron chi connectivity index (χ3n) is 5.50. The Hall–Kier alpha value is -1.65. The van der Waals surface area contributed by atoms with Crippen molar-refractivity contribution in [2.24, 2.45) is 0 Å². The molecular weight excluding hydrogens is 311 g/mol. The van der Waals surface area contributed by atoms with Crippen LogP contribution in [0.1, 0.15) is 52.0 Å². The lowest BCUT2D eigenvalue weighted by Gasteiger charge is -2.39. The molecule has 1 aromatic rings. The molecule has 2 aliphatic rings. The van der Waals surface area contributed by atoms with Gasteiger partial charge in [0.15, 0.2) is 0 Å². The highest BCUT2D eigenvalue weighted by Gasteiger charge is 2.33. The molecule has 136 valence electrons. The quantitative estimate of drug-likeness (QED) is 0.774. The summed E-state index contributed by atoms with van der Waals surface area (Å²) in [6.07, 6.45) is 5.36. The number of carbonyl (C=O) groups excluding carboxylic acids is 1. The Kier molecular flexibility index (Phi) is 5.03. The maximum absolute atomic E-state index is 12.3. The van der Waals surface area contributed by atoms with Gasteiger partial charge < -0.3 is 14.5 Å². The number of nitrogens with zero attached hydrogens (tertiary/aromatic N) is 2. The molecule has 0 unspecified atom stereocenters. The van der Waals surface area contributed by atoms with Crippen molar-refractivity contribution < 1.29 is 9.53 Å². The predicted molar refractivity (Wildman–Crippen MR) is 106 cm³/mol. The summed E-state index contributed by atoms with van der Waals surface area (Å²) in [7, 11) is 4.05. The normalized spacial score (nSPS) is 23.3. The van der Waals surface area contributed by atoms with Crippen molar-refractivity contribution in [2.45, 2.75) is 70.6 Å². The van der Waals surface area contributed by atoms with Crippen molar-refractivity contribution in [1.82, 2.24) is 4.90 Å². The highest BCUT2D eigenvalue weighted by atomic mass is 16.6. The summed E-state index contributed by atoms with van der Waals surface area (Å²) >= 11 is 0. The summed E-state index contributed by atoms with van der Waals surface area (Å²) in [5, 5.41) is 0. The van der Waals surface area contributed by atoms with E-state index in [4.69, 9.17) is 4.74 Å². The van der Waals surface area contributed by atoms with Crippen LogP contribution in [0, 0.1) is 0 Å². The van der Waals surface area contributed by atoms with Crippen LogP contribution in [-0.2, 0) is 11.2 Å². The highest BCUT2D eigenvalue weighted by Crippen LogP contribution is 2.34. The van der Waals surface area contributed by atoms with E-state index in [0.29, 0.717) is 12.1 Å². The summed E-state index contributed by atoms with van der Waals surface area (Å²) in [5.74, 6) is 0. The number of carbonyl (C=O) groups is 1. The molecule has 0 saturated heterocycles. The highest BCUT2D eigenvalue weighted by molar-refractivity contribution is 6.32. The zero-order valence-electron chi connectivity index (χ0n) is 16.3. The van der Waals surface area contributed by atoms with Gasteiger partial charge in [-0.2, -0.15) is 0 Å². The van der Waals surface area contributed by atoms with Crippen LogP contribution in [-0.4, -0.2) is 50.1 Å². The van der Waals surface area contributed by atoms with Gasteiger partial charge in [0.1, 0.15) is 13.4 Å². The lowest BCUT2D eigenvalue weighted by atomic mass is 9.89. The maximum atomic E-state index is 12.3. The van der Waals surface area contributed by atoms with E-state index in [1.807, 2.05) is 32.7 Å². The molecule has 1 amide bonds. The molecule has 1 saturated carbocycles. The van der Waals surface area contributed by atoms with Gasteiger partial charge in [-0.3, -0.25) is 0 Å². The van der Waals surface area contributed by atoms with E-state index >= 15 is 0 Å². The van der Waals surface area contributed by atoms with Gasteiger partial charge in [-0.1, -0.05) is 17.6 Å². The number of amides is 1. The van der Waals surface area contributed by atoms with Crippen LogP contribution in [0.5, 0.6) is 0 Å². The molecule has 0 spiro atoms. The number of fused-ring (bicyclic) bond motifs is 1. The third kappa shape index (κ3) is 4.13. The van der Waals surface area contributed by atoms with E-state index in [1.165, 1.54) is 16.7 Å². The molecule has 1 aromatic carbocycles. The molecule has 0 radical (unpaired) electrons. The fourth-order valence-corrected chi connectivity index (χ4v) is 4.18. The molecule has 1 fully saturated rings. The monoisotopic (exact) mass is 342 g/mol. The average molecular weight is 342 g/mol. The molecule has 1 aliphatic carbocycles. The van der Waals surface area contributed by atoms with Crippen LogP contribution in [0.4, 0.5) is 10.5 Å². The SMILES string of the molecule is Bc1ccc2c(c1)CCN2C1CCC(N(C)C(=O)OC(C)(C)C)CC1. The predicted octanol–water partition coefficient (Wildman–Crippen LogP) is 2.49. The molecule has 3 rings (SSSR count). The average Bonchev–Trinajstić information content (AvgIpc) is 2.95. The second kappa shape index (κ2) is 6.93. The van der Waals surface area contributed by atoms with Crippen molar-refractivity contribution in [1.29, 1.82) is 0 Å². The summed E-state index contributed by atoms with van der Waals surface area (Å²) in [6, 6.07) is 7.74. The molecule has 1 aliphatic heterocycles. The Balaban J connectivity index is 1.57. The van der Waals surface area contributed by atoms with Gasteiger partial charge >= 0.3 is 6.09 Å². The fraction of sp³-hybridized carbons (Fsp3) is 0.650. The summed E-state index contributed by atoms with van der Waals surface area (Å²) in [4.78, 5) is 16.7. The van der Waals surface area contributed by atoms with Gasteiger partial charge in [0.05, 0.1) is 0 Å². The first-order valence-corrected chi connectivity index (χ1v) is 9.56. The molecule has 0 N–H and O–H groups in total. The van der Waals surface area contributed by atoms with Gasteiger partial charge in [-0.25, -0.2) is 4.79 Å². The number of rotatable bonds is 2. The Labute approximate surface area is 152 Å². The van der Waals surface area contributed by atoms with E-state index < -0.39 is 5.60 Å². The zero-order valence-corrected chi connectivity index (χ0v) is 16.3. The van der Waals surface area contributed by atoms with Crippen LogP contribution < -0.4 is 10.4 Å². The minimum Gasteiger partial charge on any atom is -0.444 e. The summed E-state index contributed by atoms with van der Waals surface area (Å²) in [6.45, 7) is 6.89. The van der Waals surface area contributed by atoms with Crippen LogP contribution >= 0.6 is 0 Å². The van der Waals surface area contributed by atoms with E-state index in [2.05, 4.69) is 30.9 Å². The van der Waals surface area contributed by atoms with Gasteiger partial charge in [0.2, 0.25) is 0 Å².